The van der Waals surface area contributed by atoms with Gasteiger partial charge in [-0.25, -0.2) is 4.39 Å². The summed E-state index contributed by atoms with van der Waals surface area (Å²) in [5, 5.41) is 4.80. The molecule has 1 amide bonds. The van der Waals surface area contributed by atoms with Crippen molar-refractivity contribution in [2.45, 2.75) is 6.54 Å². The van der Waals surface area contributed by atoms with Gasteiger partial charge in [0.15, 0.2) is 11.5 Å². The highest BCUT2D eigenvalue weighted by molar-refractivity contribution is 5.99. The van der Waals surface area contributed by atoms with Crippen LogP contribution in [0.4, 0.5) is 4.39 Å². The summed E-state index contributed by atoms with van der Waals surface area (Å²) in [6.45, 7) is 0.496. The average molecular weight is 400 g/mol. The van der Waals surface area contributed by atoms with Crippen LogP contribution in [0.2, 0.25) is 0 Å². The van der Waals surface area contributed by atoms with E-state index in [2.05, 4.69) is 10.3 Å². The second kappa shape index (κ2) is 7.48. The number of pyridine rings is 1. The van der Waals surface area contributed by atoms with Gasteiger partial charge in [-0.1, -0.05) is 24.3 Å². The third-order valence-corrected chi connectivity index (χ3v) is 5.12. The predicted octanol–water partition coefficient (Wildman–Crippen LogP) is 4.70. The molecule has 30 heavy (non-hydrogen) atoms. The van der Waals surface area contributed by atoms with E-state index in [0.29, 0.717) is 23.6 Å². The molecule has 5 nitrogen and oxygen atoms in total. The second-order valence-electron chi connectivity index (χ2n) is 6.95. The first-order valence-electron chi connectivity index (χ1n) is 9.48. The maximum absolute atomic E-state index is 13.7. The molecule has 0 bridgehead atoms. The van der Waals surface area contributed by atoms with E-state index < -0.39 is 0 Å². The Morgan fingerprint density at radius 2 is 1.90 bits per heavy atom. The summed E-state index contributed by atoms with van der Waals surface area (Å²) in [6.07, 6.45) is 3.47. The molecule has 0 unspecified atom stereocenters. The van der Waals surface area contributed by atoms with Crippen molar-refractivity contribution in [2.75, 3.05) is 6.79 Å². The molecule has 1 aromatic heterocycles. The van der Waals surface area contributed by atoms with E-state index in [9.17, 15) is 9.18 Å². The number of halogens is 1. The van der Waals surface area contributed by atoms with Crippen LogP contribution in [0.5, 0.6) is 11.5 Å². The Balaban J connectivity index is 1.43. The third-order valence-electron chi connectivity index (χ3n) is 5.12. The molecule has 1 aliphatic rings. The van der Waals surface area contributed by atoms with Crippen LogP contribution in [0.15, 0.2) is 73.1 Å². The lowest BCUT2D eigenvalue weighted by atomic mass is 9.96. The van der Waals surface area contributed by atoms with Crippen LogP contribution >= 0.6 is 0 Å². The van der Waals surface area contributed by atoms with Crippen molar-refractivity contribution in [3.8, 4) is 22.6 Å². The molecule has 6 heteroatoms. The van der Waals surface area contributed by atoms with Crippen molar-refractivity contribution in [1.82, 2.24) is 10.3 Å². The monoisotopic (exact) mass is 400 g/mol. The molecule has 1 aliphatic heterocycles. The minimum absolute atomic E-state index is 0.164. The summed E-state index contributed by atoms with van der Waals surface area (Å²) < 4.78 is 24.3. The van der Waals surface area contributed by atoms with Crippen molar-refractivity contribution in [1.29, 1.82) is 0 Å². The standard InChI is InChI=1S/C24H17FN2O3/c25-18-3-1-2-15(10-18)19-6-4-17(21-13-26-9-8-20(19)21)12-27-24(28)16-5-7-22-23(11-16)30-14-29-22/h1-11,13H,12,14H2,(H,27,28). The first-order valence-corrected chi connectivity index (χ1v) is 9.48. The fourth-order valence-electron chi connectivity index (χ4n) is 3.63. The van der Waals surface area contributed by atoms with Gasteiger partial charge >= 0.3 is 0 Å². The average Bonchev–Trinajstić information content (AvgIpc) is 3.25. The van der Waals surface area contributed by atoms with E-state index in [1.165, 1.54) is 12.1 Å². The first-order chi connectivity index (χ1) is 14.7. The fraction of sp³-hybridized carbons (Fsp3) is 0.0833. The first kappa shape index (κ1) is 18.1. The number of fused-ring (bicyclic) bond motifs is 2. The normalized spacial score (nSPS) is 12.2. The van der Waals surface area contributed by atoms with Crippen LogP contribution in [-0.4, -0.2) is 17.7 Å². The molecule has 0 saturated carbocycles. The van der Waals surface area contributed by atoms with Gasteiger partial charge < -0.3 is 14.8 Å². The molecule has 2 heterocycles. The highest BCUT2D eigenvalue weighted by Gasteiger charge is 2.16. The summed E-state index contributed by atoms with van der Waals surface area (Å²) in [4.78, 5) is 16.8. The number of carbonyl (C=O) groups excluding carboxylic acids is 1. The molecular formula is C24H17FN2O3. The summed E-state index contributed by atoms with van der Waals surface area (Å²) >= 11 is 0. The fourth-order valence-corrected chi connectivity index (χ4v) is 3.63. The van der Waals surface area contributed by atoms with Crippen LogP contribution in [-0.2, 0) is 6.54 Å². The Bertz CT molecular complexity index is 1270. The number of carbonyl (C=O) groups is 1. The zero-order valence-corrected chi connectivity index (χ0v) is 15.9. The molecule has 0 spiro atoms. The number of benzene rings is 3. The third kappa shape index (κ3) is 3.33. The van der Waals surface area contributed by atoms with Gasteiger partial charge in [0.05, 0.1) is 0 Å². The Hall–Kier alpha value is -3.93. The minimum Gasteiger partial charge on any atom is -0.454 e. The molecule has 0 atom stereocenters. The van der Waals surface area contributed by atoms with E-state index in [0.717, 1.165) is 27.5 Å². The molecule has 5 rings (SSSR count). The number of nitrogens with zero attached hydrogens (tertiary/aromatic N) is 1. The highest BCUT2D eigenvalue weighted by atomic mass is 19.1. The van der Waals surface area contributed by atoms with Crippen LogP contribution in [0.3, 0.4) is 0 Å². The van der Waals surface area contributed by atoms with Gasteiger partial charge in [-0.05, 0) is 58.5 Å². The second-order valence-corrected chi connectivity index (χ2v) is 6.95. The lowest BCUT2D eigenvalue weighted by Crippen LogP contribution is -2.22. The van der Waals surface area contributed by atoms with Gasteiger partial charge in [0.25, 0.3) is 5.91 Å². The molecule has 3 aromatic carbocycles. The number of ether oxygens (including phenoxy) is 2. The van der Waals surface area contributed by atoms with E-state index in [1.807, 2.05) is 24.3 Å². The zero-order chi connectivity index (χ0) is 20.5. The maximum Gasteiger partial charge on any atom is 0.251 e. The zero-order valence-electron chi connectivity index (χ0n) is 15.9. The molecule has 4 aromatic rings. The summed E-state index contributed by atoms with van der Waals surface area (Å²) in [5.41, 5.74) is 3.13. The van der Waals surface area contributed by atoms with Crippen LogP contribution in [0, 0.1) is 5.82 Å². The van der Waals surface area contributed by atoms with E-state index >= 15 is 0 Å². The summed E-state index contributed by atoms with van der Waals surface area (Å²) in [7, 11) is 0. The predicted molar refractivity (Wildman–Crippen MR) is 111 cm³/mol. The topological polar surface area (TPSA) is 60.5 Å². The number of hydrogen-bond donors (Lipinski definition) is 1. The smallest absolute Gasteiger partial charge is 0.251 e. The summed E-state index contributed by atoms with van der Waals surface area (Å²) in [5.74, 6) is 0.711. The van der Waals surface area contributed by atoms with Crippen molar-refractivity contribution in [2.24, 2.45) is 0 Å². The lowest BCUT2D eigenvalue weighted by molar-refractivity contribution is 0.0950. The van der Waals surface area contributed by atoms with Gasteiger partial charge in [-0.3, -0.25) is 9.78 Å². The van der Waals surface area contributed by atoms with E-state index in [1.54, 1.807) is 36.7 Å². The van der Waals surface area contributed by atoms with Gasteiger partial charge in [0, 0.05) is 29.9 Å². The van der Waals surface area contributed by atoms with E-state index in [4.69, 9.17) is 9.47 Å². The number of hydrogen-bond acceptors (Lipinski definition) is 4. The van der Waals surface area contributed by atoms with Crippen molar-refractivity contribution >= 4 is 16.7 Å². The molecule has 1 N–H and O–H groups in total. The molecule has 0 fully saturated rings. The van der Waals surface area contributed by atoms with Gasteiger partial charge in [-0.15, -0.1) is 0 Å². The van der Waals surface area contributed by atoms with Crippen LogP contribution < -0.4 is 14.8 Å². The van der Waals surface area contributed by atoms with Crippen molar-refractivity contribution in [3.63, 3.8) is 0 Å². The number of amides is 1. The number of aromatic nitrogens is 1. The molecule has 0 aliphatic carbocycles. The maximum atomic E-state index is 13.7. The lowest BCUT2D eigenvalue weighted by Gasteiger charge is -2.12. The SMILES string of the molecule is O=C(NCc1ccc(-c2cccc(F)c2)c2ccncc12)c1ccc2c(c1)OCO2. The Morgan fingerprint density at radius 3 is 2.80 bits per heavy atom. The Labute approximate surface area is 172 Å². The highest BCUT2D eigenvalue weighted by Crippen LogP contribution is 2.33. The van der Waals surface area contributed by atoms with Crippen LogP contribution in [0.1, 0.15) is 15.9 Å². The van der Waals surface area contributed by atoms with Gasteiger partial charge in [0.1, 0.15) is 5.82 Å². The Morgan fingerprint density at radius 1 is 1.00 bits per heavy atom. The van der Waals surface area contributed by atoms with Gasteiger partial charge in [-0.2, -0.15) is 0 Å². The molecular weight excluding hydrogens is 383 g/mol. The molecule has 0 saturated heterocycles. The minimum atomic E-state index is -0.283. The molecule has 0 radical (unpaired) electrons. The van der Waals surface area contributed by atoms with Crippen molar-refractivity contribution in [3.05, 3.63) is 90.0 Å². The number of rotatable bonds is 4. The quantitative estimate of drug-likeness (QED) is 0.539. The number of nitrogens with one attached hydrogen (secondary N) is 1. The van der Waals surface area contributed by atoms with E-state index in [-0.39, 0.29) is 18.5 Å². The van der Waals surface area contributed by atoms with Gasteiger partial charge in [0.2, 0.25) is 6.79 Å². The van der Waals surface area contributed by atoms with Crippen LogP contribution in [0.25, 0.3) is 21.9 Å². The Kier molecular flexibility index (Phi) is 4.52. The largest absolute Gasteiger partial charge is 0.454 e. The van der Waals surface area contributed by atoms with Crippen molar-refractivity contribution < 1.29 is 18.7 Å². The summed E-state index contributed by atoms with van der Waals surface area (Å²) in [6, 6.07) is 17.4. The molecule has 148 valence electrons.